The molecule has 0 fully saturated rings. The highest BCUT2D eigenvalue weighted by molar-refractivity contribution is 5.99. The summed E-state index contributed by atoms with van der Waals surface area (Å²) in [7, 11) is 0. The lowest BCUT2D eigenvalue weighted by atomic mass is 10.2. The highest BCUT2D eigenvalue weighted by atomic mass is 16.5. The van der Waals surface area contributed by atoms with Gasteiger partial charge in [-0.15, -0.1) is 0 Å². The Morgan fingerprint density at radius 3 is 2.55 bits per heavy atom. The van der Waals surface area contributed by atoms with Crippen molar-refractivity contribution in [2.75, 3.05) is 5.32 Å². The van der Waals surface area contributed by atoms with E-state index in [1.807, 2.05) is 18.2 Å². The molecule has 1 atom stereocenters. The van der Waals surface area contributed by atoms with Gasteiger partial charge in [-0.1, -0.05) is 23.4 Å². The number of benzene rings is 1. The normalized spacial score (nSPS) is 11.7. The minimum atomic E-state index is -0.687. The first-order valence-corrected chi connectivity index (χ1v) is 6.16. The van der Waals surface area contributed by atoms with E-state index in [4.69, 9.17) is 4.52 Å². The van der Waals surface area contributed by atoms with Gasteiger partial charge in [0, 0.05) is 11.8 Å². The summed E-state index contributed by atoms with van der Waals surface area (Å²) in [4.78, 5) is 23.7. The fourth-order valence-electron chi connectivity index (χ4n) is 1.58. The van der Waals surface area contributed by atoms with Crippen LogP contribution in [0, 0.1) is 6.92 Å². The molecule has 0 saturated carbocycles. The highest BCUT2D eigenvalue weighted by Gasteiger charge is 2.19. The second kappa shape index (κ2) is 6.01. The van der Waals surface area contributed by atoms with Crippen LogP contribution in [0.2, 0.25) is 0 Å². The summed E-state index contributed by atoms with van der Waals surface area (Å²) in [5, 5.41) is 8.87. The van der Waals surface area contributed by atoms with Gasteiger partial charge in [0.2, 0.25) is 11.7 Å². The van der Waals surface area contributed by atoms with Crippen LogP contribution in [0.15, 0.2) is 40.9 Å². The van der Waals surface area contributed by atoms with Crippen molar-refractivity contribution in [3.05, 3.63) is 47.9 Å². The molecule has 6 heteroatoms. The van der Waals surface area contributed by atoms with E-state index in [0.29, 0.717) is 11.4 Å². The van der Waals surface area contributed by atoms with Gasteiger partial charge in [-0.25, -0.2) is 0 Å². The average molecular weight is 273 g/mol. The van der Waals surface area contributed by atoms with E-state index in [1.54, 1.807) is 26.0 Å². The number of aromatic nitrogens is 1. The maximum atomic E-state index is 11.9. The molecule has 0 saturated heterocycles. The van der Waals surface area contributed by atoms with E-state index in [9.17, 15) is 9.59 Å². The Labute approximate surface area is 116 Å². The van der Waals surface area contributed by atoms with Crippen molar-refractivity contribution in [3.63, 3.8) is 0 Å². The molecule has 0 aliphatic rings. The Bertz CT molecular complexity index is 607. The second-order valence-corrected chi connectivity index (χ2v) is 4.38. The van der Waals surface area contributed by atoms with Crippen molar-refractivity contribution < 1.29 is 14.1 Å². The van der Waals surface area contributed by atoms with Crippen molar-refractivity contribution in [2.45, 2.75) is 19.9 Å². The SMILES string of the molecule is Cc1cc(C(=O)NC(C)C(=O)Nc2ccccc2)on1. The molecule has 2 rings (SSSR count). The molecule has 1 aromatic carbocycles. The molecule has 2 N–H and O–H groups in total. The molecule has 20 heavy (non-hydrogen) atoms. The van der Waals surface area contributed by atoms with E-state index in [2.05, 4.69) is 15.8 Å². The number of para-hydroxylation sites is 1. The number of amides is 2. The van der Waals surface area contributed by atoms with E-state index in [0.717, 1.165) is 0 Å². The minimum absolute atomic E-state index is 0.0851. The number of hydrogen-bond acceptors (Lipinski definition) is 4. The maximum absolute atomic E-state index is 11.9. The summed E-state index contributed by atoms with van der Waals surface area (Å²) in [5.41, 5.74) is 1.28. The zero-order chi connectivity index (χ0) is 14.5. The van der Waals surface area contributed by atoms with Gasteiger partial charge in [0.25, 0.3) is 5.91 Å². The van der Waals surface area contributed by atoms with Crippen LogP contribution >= 0.6 is 0 Å². The summed E-state index contributed by atoms with van der Waals surface area (Å²) in [5.74, 6) is -0.691. The Balaban J connectivity index is 1.93. The Morgan fingerprint density at radius 2 is 1.95 bits per heavy atom. The summed E-state index contributed by atoms with van der Waals surface area (Å²) in [6.45, 7) is 3.31. The molecule has 2 aromatic rings. The fourth-order valence-corrected chi connectivity index (χ4v) is 1.58. The first-order chi connectivity index (χ1) is 9.56. The van der Waals surface area contributed by atoms with Crippen molar-refractivity contribution in [3.8, 4) is 0 Å². The highest BCUT2D eigenvalue weighted by Crippen LogP contribution is 2.06. The largest absolute Gasteiger partial charge is 0.351 e. The number of aryl methyl sites for hydroxylation is 1. The molecule has 6 nitrogen and oxygen atoms in total. The molecule has 0 spiro atoms. The standard InChI is InChI=1S/C14H15N3O3/c1-9-8-12(20-17-9)14(19)15-10(2)13(18)16-11-6-4-3-5-7-11/h3-8,10H,1-2H3,(H,15,19)(H,16,18). The van der Waals surface area contributed by atoms with Crippen LogP contribution in [0.25, 0.3) is 0 Å². The monoisotopic (exact) mass is 273 g/mol. The number of anilines is 1. The summed E-state index contributed by atoms with van der Waals surface area (Å²) in [6, 6.07) is 9.85. The van der Waals surface area contributed by atoms with Gasteiger partial charge >= 0.3 is 0 Å². The third kappa shape index (κ3) is 3.44. The lowest BCUT2D eigenvalue weighted by Gasteiger charge is -2.12. The van der Waals surface area contributed by atoms with Crippen LogP contribution < -0.4 is 10.6 Å². The fraction of sp³-hybridized carbons (Fsp3) is 0.214. The quantitative estimate of drug-likeness (QED) is 0.888. The van der Waals surface area contributed by atoms with Gasteiger partial charge < -0.3 is 15.2 Å². The zero-order valence-electron chi connectivity index (χ0n) is 11.2. The van der Waals surface area contributed by atoms with Gasteiger partial charge in [0.15, 0.2) is 0 Å². The lowest BCUT2D eigenvalue weighted by Crippen LogP contribution is -2.41. The lowest BCUT2D eigenvalue weighted by molar-refractivity contribution is -0.117. The number of hydrogen-bond donors (Lipinski definition) is 2. The summed E-state index contributed by atoms with van der Waals surface area (Å²) in [6.07, 6.45) is 0. The van der Waals surface area contributed by atoms with Crippen molar-refractivity contribution in [2.24, 2.45) is 0 Å². The Morgan fingerprint density at radius 1 is 1.25 bits per heavy atom. The maximum Gasteiger partial charge on any atom is 0.290 e. The first kappa shape index (κ1) is 13.8. The number of carbonyl (C=O) groups excluding carboxylic acids is 2. The Hall–Kier alpha value is -2.63. The smallest absolute Gasteiger partial charge is 0.290 e. The predicted octanol–water partition coefficient (Wildman–Crippen LogP) is 1.74. The molecule has 1 heterocycles. The van der Waals surface area contributed by atoms with Gasteiger partial charge in [-0.3, -0.25) is 9.59 Å². The van der Waals surface area contributed by atoms with Crippen LogP contribution in [-0.4, -0.2) is 23.0 Å². The average Bonchev–Trinajstić information content (AvgIpc) is 2.86. The first-order valence-electron chi connectivity index (χ1n) is 6.16. The molecule has 0 aliphatic carbocycles. The summed E-state index contributed by atoms with van der Waals surface area (Å²) >= 11 is 0. The van der Waals surface area contributed by atoms with E-state index < -0.39 is 11.9 Å². The predicted molar refractivity (Wildman–Crippen MR) is 73.2 cm³/mol. The van der Waals surface area contributed by atoms with E-state index in [1.165, 1.54) is 6.07 Å². The van der Waals surface area contributed by atoms with Crippen molar-refractivity contribution >= 4 is 17.5 Å². The molecule has 1 unspecified atom stereocenters. The molecule has 0 radical (unpaired) electrons. The third-order valence-corrected chi connectivity index (χ3v) is 2.63. The van der Waals surface area contributed by atoms with Crippen LogP contribution in [0.5, 0.6) is 0 Å². The van der Waals surface area contributed by atoms with E-state index in [-0.39, 0.29) is 11.7 Å². The van der Waals surface area contributed by atoms with Crippen LogP contribution in [0.1, 0.15) is 23.2 Å². The van der Waals surface area contributed by atoms with Crippen LogP contribution in [-0.2, 0) is 4.79 Å². The molecule has 0 bridgehead atoms. The summed E-state index contributed by atoms with van der Waals surface area (Å²) < 4.78 is 4.83. The molecule has 104 valence electrons. The number of nitrogens with one attached hydrogen (secondary N) is 2. The molecule has 0 aliphatic heterocycles. The minimum Gasteiger partial charge on any atom is -0.351 e. The van der Waals surface area contributed by atoms with Crippen molar-refractivity contribution in [1.29, 1.82) is 0 Å². The number of rotatable bonds is 4. The molecular weight excluding hydrogens is 258 g/mol. The van der Waals surface area contributed by atoms with E-state index >= 15 is 0 Å². The van der Waals surface area contributed by atoms with Crippen LogP contribution in [0.4, 0.5) is 5.69 Å². The van der Waals surface area contributed by atoms with Gasteiger partial charge in [0.1, 0.15) is 6.04 Å². The Kier molecular flexibility index (Phi) is 4.14. The third-order valence-electron chi connectivity index (χ3n) is 2.63. The molecule has 1 aromatic heterocycles. The molecule has 2 amide bonds. The second-order valence-electron chi connectivity index (χ2n) is 4.38. The van der Waals surface area contributed by atoms with Gasteiger partial charge in [0.05, 0.1) is 5.69 Å². The number of carbonyl (C=O) groups is 2. The number of nitrogens with zero attached hydrogens (tertiary/aromatic N) is 1. The topological polar surface area (TPSA) is 84.2 Å². The zero-order valence-corrected chi connectivity index (χ0v) is 11.2. The van der Waals surface area contributed by atoms with Crippen LogP contribution in [0.3, 0.4) is 0 Å². The van der Waals surface area contributed by atoms with Crippen molar-refractivity contribution in [1.82, 2.24) is 10.5 Å². The van der Waals surface area contributed by atoms with Gasteiger partial charge in [-0.2, -0.15) is 0 Å². The van der Waals surface area contributed by atoms with Gasteiger partial charge in [-0.05, 0) is 26.0 Å². The molecular formula is C14H15N3O3.